The Hall–Kier alpha value is -4.51. The molecule has 0 spiro atoms. The number of halogens is 4. The molecule has 4 aromatic rings. The third-order valence-corrected chi connectivity index (χ3v) is 8.42. The summed E-state index contributed by atoms with van der Waals surface area (Å²) in [6.45, 7) is 5.14. The fraction of sp³-hybridized carbons (Fsp3) is 0.343. The monoisotopic (exact) mass is 634 g/mol. The average Bonchev–Trinajstić information content (AvgIpc) is 3.41. The van der Waals surface area contributed by atoms with Crippen molar-refractivity contribution in [3.8, 4) is 5.88 Å². The molecule has 2 fully saturated rings. The SMILES string of the molecule is C=CC(=O)N1CCC(Oc2ccc(/C(=C(/CC(F)(F)F)c3ccccc3)c3ccc4c(c3)c(F)nn4C3CCCCO3)cn2)CC1. The highest BCUT2D eigenvalue weighted by molar-refractivity contribution is 6.00. The van der Waals surface area contributed by atoms with Gasteiger partial charge in [-0.2, -0.15) is 17.6 Å². The van der Waals surface area contributed by atoms with E-state index in [0.717, 1.165) is 12.8 Å². The number of rotatable bonds is 8. The molecule has 240 valence electrons. The van der Waals surface area contributed by atoms with Crippen LogP contribution in [0.2, 0.25) is 0 Å². The number of piperidine rings is 1. The fourth-order valence-electron chi connectivity index (χ4n) is 6.18. The summed E-state index contributed by atoms with van der Waals surface area (Å²) >= 11 is 0. The van der Waals surface area contributed by atoms with E-state index in [-0.39, 0.29) is 28.5 Å². The van der Waals surface area contributed by atoms with Crippen molar-refractivity contribution in [1.29, 1.82) is 0 Å². The zero-order valence-electron chi connectivity index (χ0n) is 25.2. The van der Waals surface area contributed by atoms with E-state index in [1.165, 1.54) is 17.0 Å². The van der Waals surface area contributed by atoms with E-state index in [2.05, 4.69) is 16.7 Å². The maximum Gasteiger partial charge on any atom is 0.393 e. The summed E-state index contributed by atoms with van der Waals surface area (Å²) in [4.78, 5) is 18.1. The maximum atomic E-state index is 15.3. The number of carbonyl (C=O) groups excluding carboxylic acids is 1. The molecule has 7 nitrogen and oxygen atoms in total. The lowest BCUT2D eigenvalue weighted by atomic mass is 9.88. The highest BCUT2D eigenvalue weighted by Crippen LogP contribution is 2.40. The quantitative estimate of drug-likeness (QED) is 0.113. The Bertz CT molecular complexity index is 1720. The van der Waals surface area contributed by atoms with E-state index in [9.17, 15) is 18.0 Å². The molecule has 0 saturated carbocycles. The molecule has 6 rings (SSSR count). The molecule has 1 amide bonds. The van der Waals surface area contributed by atoms with Gasteiger partial charge in [-0.25, -0.2) is 9.67 Å². The molecule has 2 aromatic heterocycles. The van der Waals surface area contributed by atoms with Crippen LogP contribution in [0, 0.1) is 5.95 Å². The Balaban J connectivity index is 1.39. The van der Waals surface area contributed by atoms with Gasteiger partial charge < -0.3 is 14.4 Å². The number of carbonyl (C=O) groups is 1. The molecule has 46 heavy (non-hydrogen) atoms. The molecule has 1 unspecified atom stereocenters. The van der Waals surface area contributed by atoms with Crippen LogP contribution in [-0.2, 0) is 9.53 Å². The van der Waals surface area contributed by atoms with Crippen molar-refractivity contribution in [2.45, 2.75) is 57.0 Å². The van der Waals surface area contributed by atoms with Gasteiger partial charge in [-0.3, -0.25) is 4.79 Å². The summed E-state index contributed by atoms with van der Waals surface area (Å²) in [7, 11) is 0. The number of amides is 1. The minimum atomic E-state index is -4.52. The largest absolute Gasteiger partial charge is 0.474 e. The number of hydrogen-bond donors (Lipinski definition) is 0. The summed E-state index contributed by atoms with van der Waals surface area (Å²) < 4.78 is 71.2. The van der Waals surface area contributed by atoms with E-state index >= 15 is 4.39 Å². The van der Waals surface area contributed by atoms with Crippen molar-refractivity contribution in [3.63, 3.8) is 0 Å². The van der Waals surface area contributed by atoms with Gasteiger partial charge >= 0.3 is 6.18 Å². The third-order valence-electron chi connectivity index (χ3n) is 8.42. The number of benzene rings is 2. The van der Waals surface area contributed by atoms with E-state index in [1.807, 2.05) is 0 Å². The number of hydrogen-bond acceptors (Lipinski definition) is 5. The van der Waals surface area contributed by atoms with Crippen LogP contribution in [0.1, 0.15) is 61.4 Å². The van der Waals surface area contributed by atoms with Gasteiger partial charge in [-0.05, 0) is 65.8 Å². The van der Waals surface area contributed by atoms with Crippen LogP contribution in [0.4, 0.5) is 17.6 Å². The Morgan fingerprint density at radius 3 is 2.41 bits per heavy atom. The van der Waals surface area contributed by atoms with Crippen molar-refractivity contribution in [2.75, 3.05) is 19.7 Å². The lowest BCUT2D eigenvalue weighted by Crippen LogP contribution is -2.41. The lowest BCUT2D eigenvalue weighted by Gasteiger charge is -2.31. The Morgan fingerprint density at radius 1 is 1.00 bits per heavy atom. The van der Waals surface area contributed by atoms with Crippen molar-refractivity contribution >= 4 is 28.0 Å². The van der Waals surface area contributed by atoms with Gasteiger partial charge in [0, 0.05) is 50.4 Å². The Kier molecular flexibility index (Phi) is 9.21. The van der Waals surface area contributed by atoms with Crippen LogP contribution in [0.3, 0.4) is 0 Å². The highest BCUT2D eigenvalue weighted by Gasteiger charge is 2.32. The normalized spacial score (nSPS) is 18.3. The first-order valence-electron chi connectivity index (χ1n) is 15.4. The molecule has 0 aliphatic carbocycles. The molecule has 0 bridgehead atoms. The number of aromatic nitrogens is 3. The Morgan fingerprint density at radius 2 is 1.76 bits per heavy atom. The number of nitrogens with zero attached hydrogens (tertiary/aromatic N) is 4. The molecular formula is C35H34F4N4O3. The maximum absolute atomic E-state index is 15.3. The van der Waals surface area contributed by atoms with Gasteiger partial charge in [0.15, 0.2) is 6.23 Å². The molecule has 11 heteroatoms. The second-order valence-corrected chi connectivity index (χ2v) is 11.5. The third kappa shape index (κ3) is 6.99. The van der Waals surface area contributed by atoms with Crippen molar-refractivity contribution < 1.29 is 31.8 Å². The molecule has 4 heterocycles. The molecule has 2 aliphatic rings. The second kappa shape index (κ2) is 13.5. The van der Waals surface area contributed by atoms with E-state index in [4.69, 9.17) is 9.47 Å². The van der Waals surface area contributed by atoms with Gasteiger partial charge in [-0.15, -0.1) is 5.10 Å². The average molecular weight is 635 g/mol. The topological polar surface area (TPSA) is 69.5 Å². The summed E-state index contributed by atoms with van der Waals surface area (Å²) in [5.74, 6) is -0.518. The number of ether oxygens (including phenoxy) is 2. The first-order chi connectivity index (χ1) is 22.2. The van der Waals surface area contributed by atoms with Gasteiger partial charge in [0.05, 0.1) is 17.3 Å². The van der Waals surface area contributed by atoms with Crippen molar-refractivity contribution in [1.82, 2.24) is 19.7 Å². The highest BCUT2D eigenvalue weighted by atomic mass is 19.4. The molecule has 2 aliphatic heterocycles. The van der Waals surface area contributed by atoms with Crippen LogP contribution in [0.15, 0.2) is 79.5 Å². The second-order valence-electron chi connectivity index (χ2n) is 11.5. The molecule has 0 N–H and O–H groups in total. The minimum absolute atomic E-state index is 0.0330. The van der Waals surface area contributed by atoms with Gasteiger partial charge in [0.2, 0.25) is 17.7 Å². The predicted octanol–water partition coefficient (Wildman–Crippen LogP) is 7.74. The standard InChI is InChI=1S/C35H34F4N4O3/c1-2-31(44)42-17-15-26(16-18-42)46-30-14-12-25(22-40-30)33(28(21-35(37,38)39)23-8-4-3-5-9-23)24-11-13-29-27(20-24)34(36)41-43(29)32-10-6-7-19-45-32/h2-5,8-9,11-14,20,22,26,32H,1,6-7,10,15-19,21H2/b33-28-. The van der Waals surface area contributed by atoms with Gasteiger partial charge in [-0.1, -0.05) is 43.0 Å². The van der Waals surface area contributed by atoms with Crippen LogP contribution in [-0.4, -0.2) is 57.5 Å². The molecule has 1 atom stereocenters. The molecule has 2 saturated heterocycles. The Labute approximate surface area is 264 Å². The predicted molar refractivity (Wildman–Crippen MR) is 166 cm³/mol. The number of alkyl halides is 3. The summed E-state index contributed by atoms with van der Waals surface area (Å²) in [5, 5.41) is 4.30. The summed E-state index contributed by atoms with van der Waals surface area (Å²) in [6, 6.07) is 16.6. The first-order valence-corrected chi connectivity index (χ1v) is 15.4. The summed E-state index contributed by atoms with van der Waals surface area (Å²) in [6.07, 6.45) is 0.253. The summed E-state index contributed by atoms with van der Waals surface area (Å²) in [5.41, 5.74) is 2.03. The number of pyridine rings is 1. The zero-order valence-corrected chi connectivity index (χ0v) is 25.2. The van der Waals surface area contributed by atoms with Crippen molar-refractivity contribution in [2.24, 2.45) is 0 Å². The van der Waals surface area contributed by atoms with E-state index in [1.54, 1.807) is 65.6 Å². The van der Waals surface area contributed by atoms with Crippen LogP contribution in [0.5, 0.6) is 5.88 Å². The fourth-order valence-corrected chi connectivity index (χ4v) is 6.18. The lowest BCUT2D eigenvalue weighted by molar-refractivity contribution is -0.127. The van der Waals surface area contributed by atoms with E-state index < -0.39 is 24.8 Å². The van der Waals surface area contributed by atoms with E-state index in [0.29, 0.717) is 67.0 Å². The minimum Gasteiger partial charge on any atom is -0.474 e. The number of fused-ring (bicyclic) bond motifs is 1. The zero-order chi connectivity index (χ0) is 32.3. The first kappa shape index (κ1) is 31.5. The molecule has 2 aromatic carbocycles. The van der Waals surface area contributed by atoms with Crippen LogP contribution >= 0.6 is 0 Å². The molecule has 0 radical (unpaired) electrons. The number of likely N-dealkylation sites (tertiary alicyclic amines) is 1. The smallest absolute Gasteiger partial charge is 0.393 e. The van der Waals surface area contributed by atoms with Crippen LogP contribution < -0.4 is 4.74 Å². The van der Waals surface area contributed by atoms with Crippen LogP contribution in [0.25, 0.3) is 22.0 Å². The molecular weight excluding hydrogens is 600 g/mol. The van der Waals surface area contributed by atoms with Gasteiger partial charge in [0.1, 0.15) is 6.10 Å². The number of allylic oxidation sites excluding steroid dienone is 1. The van der Waals surface area contributed by atoms with Crippen molar-refractivity contribution in [3.05, 3.63) is 102 Å². The van der Waals surface area contributed by atoms with Gasteiger partial charge in [0.25, 0.3) is 0 Å².